The summed E-state index contributed by atoms with van der Waals surface area (Å²) in [4.78, 5) is 14.5. The van der Waals surface area contributed by atoms with E-state index in [2.05, 4.69) is 37.9 Å². The van der Waals surface area contributed by atoms with Crippen molar-refractivity contribution >= 4 is 5.91 Å². The molecule has 4 heteroatoms. The number of rotatable bonds is 6. The molecule has 0 radical (unpaired) electrons. The molecule has 0 aliphatic carbocycles. The first-order chi connectivity index (χ1) is 8.38. The number of hydrogen-bond acceptors (Lipinski definition) is 3. The maximum Gasteiger partial charge on any atom is 0.237 e. The summed E-state index contributed by atoms with van der Waals surface area (Å²) in [5, 5.41) is 3.34. The first kappa shape index (κ1) is 15.4. The molecule has 106 valence electrons. The molecule has 0 aromatic carbocycles. The van der Waals surface area contributed by atoms with Gasteiger partial charge in [0.15, 0.2) is 0 Å². The third-order valence-electron chi connectivity index (χ3n) is 3.67. The fourth-order valence-corrected chi connectivity index (χ4v) is 3.14. The van der Waals surface area contributed by atoms with Crippen molar-refractivity contribution in [3.05, 3.63) is 0 Å². The molecule has 1 fully saturated rings. The van der Waals surface area contributed by atoms with Gasteiger partial charge in [0.05, 0.1) is 0 Å². The Morgan fingerprint density at radius 1 is 1.17 bits per heavy atom. The molecule has 0 saturated carbocycles. The molecule has 1 aliphatic rings. The quantitative estimate of drug-likeness (QED) is 0.750. The highest BCUT2D eigenvalue weighted by Crippen LogP contribution is 2.31. The largest absolute Gasteiger partial charge is 0.368 e. The third-order valence-corrected chi connectivity index (χ3v) is 3.67. The zero-order chi connectivity index (χ0) is 13.8. The van der Waals surface area contributed by atoms with Crippen LogP contribution in [0.4, 0.5) is 0 Å². The van der Waals surface area contributed by atoms with Crippen LogP contribution in [0.2, 0.25) is 0 Å². The van der Waals surface area contributed by atoms with Crippen molar-refractivity contribution in [3.8, 4) is 0 Å². The average Bonchev–Trinajstić information content (AvgIpc) is 2.27. The minimum absolute atomic E-state index is 0.146. The van der Waals surface area contributed by atoms with Crippen LogP contribution in [-0.2, 0) is 4.79 Å². The summed E-state index contributed by atoms with van der Waals surface area (Å²) >= 11 is 0. The number of piperazine rings is 1. The standard InChI is InChI=1S/C14H29N3O/c1-11(2)9-14(13(15)18,10-12(3)4)17-7-5-16-6-8-17/h11-12,16H,5-10H2,1-4H3,(H2,15,18). The minimum atomic E-state index is -0.454. The molecule has 1 rings (SSSR count). The Morgan fingerprint density at radius 3 is 1.94 bits per heavy atom. The van der Waals surface area contributed by atoms with Gasteiger partial charge in [0.25, 0.3) is 0 Å². The summed E-state index contributed by atoms with van der Waals surface area (Å²) in [6, 6.07) is 0. The lowest BCUT2D eigenvalue weighted by Crippen LogP contribution is -2.63. The number of hydrogen-bond donors (Lipinski definition) is 2. The Bertz CT molecular complexity index is 260. The smallest absolute Gasteiger partial charge is 0.237 e. The topological polar surface area (TPSA) is 58.4 Å². The van der Waals surface area contributed by atoms with Crippen LogP contribution in [0.3, 0.4) is 0 Å². The van der Waals surface area contributed by atoms with E-state index >= 15 is 0 Å². The monoisotopic (exact) mass is 255 g/mol. The molecule has 3 N–H and O–H groups in total. The van der Waals surface area contributed by atoms with E-state index in [0.717, 1.165) is 39.0 Å². The maximum atomic E-state index is 12.2. The second kappa shape index (κ2) is 6.53. The average molecular weight is 255 g/mol. The van der Waals surface area contributed by atoms with Crippen molar-refractivity contribution < 1.29 is 4.79 Å². The summed E-state index contributed by atoms with van der Waals surface area (Å²) < 4.78 is 0. The summed E-state index contributed by atoms with van der Waals surface area (Å²) in [5.41, 5.74) is 5.34. The highest BCUT2D eigenvalue weighted by atomic mass is 16.1. The van der Waals surface area contributed by atoms with Crippen LogP contribution in [0.15, 0.2) is 0 Å². The van der Waals surface area contributed by atoms with Gasteiger partial charge in [-0.1, -0.05) is 27.7 Å². The van der Waals surface area contributed by atoms with E-state index in [1.54, 1.807) is 0 Å². The van der Waals surface area contributed by atoms with Crippen molar-refractivity contribution in [1.29, 1.82) is 0 Å². The fourth-order valence-electron chi connectivity index (χ4n) is 3.14. The molecular weight excluding hydrogens is 226 g/mol. The van der Waals surface area contributed by atoms with Crippen LogP contribution >= 0.6 is 0 Å². The number of amides is 1. The summed E-state index contributed by atoms with van der Waals surface area (Å²) in [6.45, 7) is 12.4. The van der Waals surface area contributed by atoms with Gasteiger partial charge in [-0.25, -0.2) is 0 Å². The van der Waals surface area contributed by atoms with E-state index in [9.17, 15) is 4.79 Å². The molecule has 1 aliphatic heterocycles. The van der Waals surface area contributed by atoms with Crippen molar-refractivity contribution in [2.45, 2.75) is 46.1 Å². The third kappa shape index (κ3) is 3.69. The summed E-state index contributed by atoms with van der Waals surface area (Å²) in [5.74, 6) is 0.809. The molecule has 1 saturated heterocycles. The first-order valence-electron chi connectivity index (χ1n) is 7.14. The van der Waals surface area contributed by atoms with Crippen LogP contribution in [0.25, 0.3) is 0 Å². The van der Waals surface area contributed by atoms with E-state index in [-0.39, 0.29) is 5.91 Å². The van der Waals surface area contributed by atoms with Gasteiger partial charge in [-0.3, -0.25) is 9.69 Å². The van der Waals surface area contributed by atoms with E-state index < -0.39 is 5.54 Å². The van der Waals surface area contributed by atoms with E-state index in [1.807, 2.05) is 0 Å². The highest BCUT2D eigenvalue weighted by Gasteiger charge is 2.43. The molecule has 4 nitrogen and oxygen atoms in total. The first-order valence-corrected chi connectivity index (χ1v) is 7.14. The van der Waals surface area contributed by atoms with Crippen molar-refractivity contribution in [1.82, 2.24) is 10.2 Å². The Balaban J connectivity index is 2.97. The second-order valence-corrected chi connectivity index (χ2v) is 6.33. The molecule has 0 aromatic heterocycles. The predicted molar refractivity (Wildman–Crippen MR) is 75.3 cm³/mol. The predicted octanol–water partition coefficient (Wildman–Crippen LogP) is 1.21. The molecular formula is C14H29N3O. The van der Waals surface area contributed by atoms with E-state index in [0.29, 0.717) is 11.8 Å². The number of nitrogens with zero attached hydrogens (tertiary/aromatic N) is 1. The molecule has 1 amide bonds. The van der Waals surface area contributed by atoms with E-state index in [1.165, 1.54) is 0 Å². The van der Waals surface area contributed by atoms with Gasteiger partial charge in [0.2, 0.25) is 5.91 Å². The zero-order valence-corrected chi connectivity index (χ0v) is 12.3. The SMILES string of the molecule is CC(C)CC(CC(C)C)(C(N)=O)N1CCNCC1. The maximum absolute atomic E-state index is 12.2. The molecule has 18 heavy (non-hydrogen) atoms. The van der Waals surface area contributed by atoms with Crippen molar-refractivity contribution in [2.75, 3.05) is 26.2 Å². The number of primary amides is 1. The second-order valence-electron chi connectivity index (χ2n) is 6.33. The van der Waals surface area contributed by atoms with Crippen molar-refractivity contribution in [3.63, 3.8) is 0 Å². The number of carbonyl (C=O) groups is 1. The Hall–Kier alpha value is -0.610. The van der Waals surface area contributed by atoms with Crippen LogP contribution < -0.4 is 11.1 Å². The van der Waals surface area contributed by atoms with Crippen LogP contribution in [0.1, 0.15) is 40.5 Å². The van der Waals surface area contributed by atoms with Gasteiger partial charge in [-0.15, -0.1) is 0 Å². The number of nitrogens with one attached hydrogen (secondary N) is 1. The summed E-state index contributed by atoms with van der Waals surface area (Å²) in [7, 11) is 0. The molecule has 0 bridgehead atoms. The molecule has 0 atom stereocenters. The van der Waals surface area contributed by atoms with Gasteiger partial charge in [0, 0.05) is 26.2 Å². The van der Waals surface area contributed by atoms with Crippen LogP contribution in [-0.4, -0.2) is 42.5 Å². The van der Waals surface area contributed by atoms with Crippen LogP contribution in [0, 0.1) is 11.8 Å². The van der Waals surface area contributed by atoms with Crippen molar-refractivity contribution in [2.24, 2.45) is 17.6 Å². The lowest BCUT2D eigenvalue weighted by molar-refractivity contribution is -0.133. The van der Waals surface area contributed by atoms with Gasteiger partial charge < -0.3 is 11.1 Å². The normalized spacial score (nSPS) is 18.6. The summed E-state index contributed by atoms with van der Waals surface area (Å²) in [6.07, 6.45) is 1.72. The number of carbonyl (C=O) groups excluding carboxylic acids is 1. The Morgan fingerprint density at radius 2 is 1.61 bits per heavy atom. The Labute approximate surface area is 111 Å². The fraction of sp³-hybridized carbons (Fsp3) is 0.929. The lowest BCUT2D eigenvalue weighted by atomic mass is 9.79. The minimum Gasteiger partial charge on any atom is -0.368 e. The molecule has 0 unspecified atom stereocenters. The molecule has 0 spiro atoms. The van der Waals surface area contributed by atoms with Gasteiger partial charge in [-0.05, 0) is 24.7 Å². The zero-order valence-electron chi connectivity index (χ0n) is 12.3. The molecule has 1 heterocycles. The van der Waals surface area contributed by atoms with Gasteiger partial charge in [0.1, 0.15) is 5.54 Å². The number of nitrogens with two attached hydrogens (primary N) is 1. The van der Waals surface area contributed by atoms with Gasteiger partial charge in [-0.2, -0.15) is 0 Å². The highest BCUT2D eigenvalue weighted by molar-refractivity contribution is 5.84. The van der Waals surface area contributed by atoms with E-state index in [4.69, 9.17) is 5.73 Å². The Kier molecular flexibility index (Phi) is 5.60. The van der Waals surface area contributed by atoms with Crippen LogP contribution in [0.5, 0.6) is 0 Å². The lowest BCUT2D eigenvalue weighted by Gasteiger charge is -2.45. The molecule has 0 aromatic rings. The van der Waals surface area contributed by atoms with Gasteiger partial charge >= 0.3 is 0 Å².